The van der Waals surface area contributed by atoms with Gasteiger partial charge < -0.3 is 14.0 Å². The van der Waals surface area contributed by atoms with E-state index in [0.717, 1.165) is 33.2 Å². The fourth-order valence-electron chi connectivity index (χ4n) is 4.72. The van der Waals surface area contributed by atoms with Crippen molar-refractivity contribution in [1.82, 2.24) is 14.3 Å². The molecule has 42 heavy (non-hydrogen) atoms. The van der Waals surface area contributed by atoms with E-state index in [1.807, 2.05) is 64.2 Å². The third-order valence-electron chi connectivity index (χ3n) is 6.89. The smallest absolute Gasteiger partial charge is 0.310 e. The molecule has 0 radical (unpaired) electrons. The number of carbonyl (C=O) groups excluding carboxylic acids is 1. The highest BCUT2D eigenvalue weighted by molar-refractivity contribution is 7.84. The summed E-state index contributed by atoms with van der Waals surface area (Å²) >= 11 is 0. The van der Waals surface area contributed by atoms with Crippen LogP contribution in [0.15, 0.2) is 54.9 Å². The Hall–Kier alpha value is -3.56. The average Bonchev–Trinajstić information content (AvgIpc) is 3.36. The first-order valence-electron chi connectivity index (χ1n) is 14.2. The number of aromatic nitrogens is 2. The van der Waals surface area contributed by atoms with Crippen LogP contribution in [0.1, 0.15) is 70.0 Å². The lowest BCUT2D eigenvalue weighted by atomic mass is 9.98. The van der Waals surface area contributed by atoms with Gasteiger partial charge in [-0.3, -0.25) is 9.78 Å². The van der Waals surface area contributed by atoms with Crippen molar-refractivity contribution in [2.24, 2.45) is 0 Å². The van der Waals surface area contributed by atoms with E-state index in [2.05, 4.69) is 34.2 Å². The number of aryl methyl sites for hydroxylation is 1. The summed E-state index contributed by atoms with van der Waals surface area (Å²) in [6, 6.07) is 13.6. The van der Waals surface area contributed by atoms with E-state index in [1.165, 1.54) is 0 Å². The molecular formula is C33H40FN3O4S. The zero-order valence-electron chi connectivity index (χ0n) is 25.4. The number of ether oxygens (including phenoxy) is 2. The lowest BCUT2D eigenvalue weighted by Crippen LogP contribution is -2.33. The van der Waals surface area contributed by atoms with Crippen LogP contribution in [0.4, 0.5) is 4.39 Å². The van der Waals surface area contributed by atoms with E-state index in [0.29, 0.717) is 17.9 Å². The summed E-state index contributed by atoms with van der Waals surface area (Å²) in [5.74, 6) is -0.156. The number of nitrogens with zero attached hydrogens (tertiary/aromatic N) is 2. The molecule has 224 valence electrons. The number of carbonyl (C=O) groups is 1. The molecule has 0 amide bonds. The Morgan fingerprint density at radius 3 is 2.57 bits per heavy atom. The number of rotatable bonds is 11. The molecule has 0 saturated carbocycles. The molecule has 4 rings (SSSR count). The van der Waals surface area contributed by atoms with Crippen molar-refractivity contribution in [3.8, 4) is 16.9 Å². The Labute approximate surface area is 250 Å². The summed E-state index contributed by atoms with van der Waals surface area (Å²) in [5.41, 5.74) is 4.90. The van der Waals surface area contributed by atoms with Crippen LogP contribution in [0, 0.1) is 12.7 Å². The van der Waals surface area contributed by atoms with Gasteiger partial charge in [0.1, 0.15) is 12.4 Å². The molecule has 0 bridgehead atoms. The molecule has 2 aromatic heterocycles. The highest BCUT2D eigenvalue weighted by Crippen LogP contribution is 2.35. The Balaban J connectivity index is 1.72. The Morgan fingerprint density at radius 1 is 1.12 bits per heavy atom. The van der Waals surface area contributed by atoms with Gasteiger partial charge in [0.25, 0.3) is 0 Å². The van der Waals surface area contributed by atoms with Gasteiger partial charge in [0, 0.05) is 40.5 Å². The van der Waals surface area contributed by atoms with E-state index >= 15 is 4.39 Å². The van der Waals surface area contributed by atoms with Crippen molar-refractivity contribution in [1.29, 1.82) is 0 Å². The van der Waals surface area contributed by atoms with Gasteiger partial charge in [-0.25, -0.2) is 13.3 Å². The first kappa shape index (κ1) is 31.4. The summed E-state index contributed by atoms with van der Waals surface area (Å²) in [7, 11) is -1.36. The highest BCUT2D eigenvalue weighted by Gasteiger charge is 2.22. The molecular weight excluding hydrogens is 553 g/mol. The van der Waals surface area contributed by atoms with Gasteiger partial charge in [-0.15, -0.1) is 0 Å². The maximum absolute atomic E-state index is 16.0. The second-order valence-corrected chi connectivity index (χ2v) is 13.6. The van der Waals surface area contributed by atoms with Crippen molar-refractivity contribution < 1.29 is 22.9 Å². The van der Waals surface area contributed by atoms with Crippen LogP contribution >= 0.6 is 0 Å². The molecule has 0 aliphatic carbocycles. The quantitative estimate of drug-likeness (QED) is 0.190. The zero-order valence-corrected chi connectivity index (χ0v) is 26.2. The second-order valence-electron chi connectivity index (χ2n) is 11.6. The number of nitrogens with one attached hydrogen (secondary N) is 1. The van der Waals surface area contributed by atoms with E-state index in [4.69, 9.17) is 9.47 Å². The molecule has 1 N–H and O–H groups in total. The maximum Gasteiger partial charge on any atom is 0.310 e. The van der Waals surface area contributed by atoms with Crippen LogP contribution < -0.4 is 9.46 Å². The molecule has 4 aromatic rings. The SMILES string of the molecule is CCOC(=O)Cc1ccc(C)cc1OCc1cc(-c2ccnc(CNS(=O)C(C)(C)C)c2F)c2ccn(C(C)C)c2c1. The Bertz CT molecular complexity index is 1610. The van der Waals surface area contributed by atoms with Crippen molar-refractivity contribution >= 4 is 27.9 Å². The predicted octanol–water partition coefficient (Wildman–Crippen LogP) is 6.97. The van der Waals surface area contributed by atoms with Crippen LogP contribution in [0.3, 0.4) is 0 Å². The minimum atomic E-state index is -1.36. The molecule has 9 heteroatoms. The van der Waals surface area contributed by atoms with Crippen LogP contribution in [-0.2, 0) is 40.1 Å². The summed E-state index contributed by atoms with van der Waals surface area (Å²) in [5, 5.41) is 0.910. The highest BCUT2D eigenvalue weighted by atomic mass is 32.2. The van der Waals surface area contributed by atoms with E-state index in [1.54, 1.807) is 19.2 Å². The van der Waals surface area contributed by atoms with E-state index < -0.39 is 21.5 Å². The third-order valence-corrected chi connectivity index (χ3v) is 8.41. The number of pyridine rings is 1. The van der Waals surface area contributed by atoms with Crippen LogP contribution in [0.25, 0.3) is 22.0 Å². The molecule has 0 aliphatic rings. The molecule has 1 unspecified atom stereocenters. The zero-order chi connectivity index (χ0) is 30.6. The van der Waals surface area contributed by atoms with Crippen molar-refractivity contribution in [3.05, 3.63) is 83.1 Å². The van der Waals surface area contributed by atoms with Gasteiger partial charge >= 0.3 is 5.97 Å². The lowest BCUT2D eigenvalue weighted by Gasteiger charge is -2.18. The monoisotopic (exact) mass is 593 g/mol. The van der Waals surface area contributed by atoms with E-state index in [-0.39, 0.29) is 37.3 Å². The largest absolute Gasteiger partial charge is 0.489 e. The number of hydrogen-bond donors (Lipinski definition) is 1. The topological polar surface area (TPSA) is 82.5 Å². The van der Waals surface area contributed by atoms with Crippen LogP contribution in [-0.4, -0.2) is 31.1 Å². The Morgan fingerprint density at radius 2 is 1.88 bits per heavy atom. The lowest BCUT2D eigenvalue weighted by molar-refractivity contribution is -0.142. The molecule has 2 aromatic carbocycles. The predicted molar refractivity (Wildman–Crippen MR) is 166 cm³/mol. The maximum atomic E-state index is 16.0. The fraction of sp³-hybridized carbons (Fsp3) is 0.394. The van der Waals surface area contributed by atoms with Crippen molar-refractivity contribution in [3.63, 3.8) is 0 Å². The van der Waals surface area contributed by atoms with Gasteiger partial charge in [0.05, 0.1) is 41.0 Å². The van der Waals surface area contributed by atoms with E-state index in [9.17, 15) is 9.00 Å². The number of fused-ring (bicyclic) bond motifs is 1. The number of esters is 1. The number of hydrogen-bond acceptors (Lipinski definition) is 5. The van der Waals surface area contributed by atoms with Gasteiger partial charge in [-0.2, -0.15) is 0 Å². The molecule has 0 saturated heterocycles. The summed E-state index contributed by atoms with van der Waals surface area (Å²) in [4.78, 5) is 16.4. The van der Waals surface area contributed by atoms with Crippen molar-refractivity contribution in [2.45, 2.75) is 78.8 Å². The summed E-state index contributed by atoms with van der Waals surface area (Å²) in [6.07, 6.45) is 3.71. The molecule has 0 spiro atoms. The third kappa shape index (κ3) is 7.25. The first-order chi connectivity index (χ1) is 19.9. The summed E-state index contributed by atoms with van der Waals surface area (Å²) < 4.78 is 44.5. The molecule has 7 nitrogen and oxygen atoms in total. The van der Waals surface area contributed by atoms with Crippen molar-refractivity contribution in [2.75, 3.05) is 6.61 Å². The van der Waals surface area contributed by atoms with Gasteiger partial charge in [0.2, 0.25) is 0 Å². The van der Waals surface area contributed by atoms with Gasteiger partial charge in [0.15, 0.2) is 5.82 Å². The standard InChI is InChI=1S/C33H40FN3O4S/c1-8-40-31(38)18-24-10-9-22(4)15-30(24)41-20-23-16-27(25-12-14-37(21(2)3)29(25)17-23)26-11-13-35-28(32(26)34)19-36-42(39)33(5,6)7/h9-17,21,36H,8,18-20H2,1-7H3. The van der Waals surface area contributed by atoms with Crippen LogP contribution in [0.5, 0.6) is 5.75 Å². The second kappa shape index (κ2) is 13.2. The summed E-state index contributed by atoms with van der Waals surface area (Å²) in [6.45, 7) is 14.1. The Kier molecular flexibility index (Phi) is 9.84. The number of halogens is 1. The normalized spacial score (nSPS) is 12.6. The molecule has 0 aliphatic heterocycles. The average molecular weight is 594 g/mol. The van der Waals surface area contributed by atoms with Crippen LogP contribution in [0.2, 0.25) is 0 Å². The van der Waals surface area contributed by atoms with Gasteiger partial charge in [-0.1, -0.05) is 12.1 Å². The van der Waals surface area contributed by atoms with Gasteiger partial charge in [-0.05, 0) is 95.5 Å². The molecule has 0 fully saturated rings. The minimum Gasteiger partial charge on any atom is -0.489 e. The molecule has 1 atom stereocenters. The minimum absolute atomic E-state index is 0.0408. The molecule has 2 heterocycles. The first-order valence-corrected chi connectivity index (χ1v) is 15.3. The fourth-order valence-corrected chi connectivity index (χ4v) is 5.42. The number of benzene rings is 2.